The van der Waals surface area contributed by atoms with Crippen molar-refractivity contribution < 1.29 is 23.9 Å². The first-order valence-corrected chi connectivity index (χ1v) is 13.5. The molecule has 196 valence electrons. The first kappa shape index (κ1) is 23.5. The standard InChI is InChI=1S/C29H30N4O5/c34-23(30-14-16-38-17-15-30)18-31-21-11-5-4-10-20(21)29(28(31)37)25-24(22-12-6-7-13-32(22)29)26(35)33(27(25)36)19-8-2-1-3-9-19/h1-5,8-11,22,24-25H,6-7,12-18H2/t22-,24+,25-,29+/m0/s1. The molecular formula is C29H30N4O5. The van der Waals surface area contributed by atoms with E-state index >= 15 is 0 Å². The summed E-state index contributed by atoms with van der Waals surface area (Å²) in [4.78, 5) is 62.9. The predicted octanol–water partition coefficient (Wildman–Crippen LogP) is 1.76. The molecule has 0 aromatic heterocycles. The zero-order valence-electron chi connectivity index (χ0n) is 21.1. The van der Waals surface area contributed by atoms with Gasteiger partial charge in [0.05, 0.1) is 30.7 Å². The maximum absolute atomic E-state index is 14.7. The summed E-state index contributed by atoms with van der Waals surface area (Å²) >= 11 is 0. The van der Waals surface area contributed by atoms with Crippen molar-refractivity contribution in [1.29, 1.82) is 0 Å². The minimum Gasteiger partial charge on any atom is -0.378 e. The summed E-state index contributed by atoms with van der Waals surface area (Å²) in [6.45, 7) is 2.47. The van der Waals surface area contributed by atoms with Crippen molar-refractivity contribution in [1.82, 2.24) is 9.80 Å². The van der Waals surface area contributed by atoms with E-state index in [1.165, 1.54) is 4.90 Å². The van der Waals surface area contributed by atoms with Crippen LogP contribution in [-0.4, -0.2) is 78.9 Å². The molecular weight excluding hydrogens is 484 g/mol. The maximum Gasteiger partial charge on any atom is 0.253 e. The van der Waals surface area contributed by atoms with E-state index in [-0.39, 0.29) is 36.2 Å². The molecule has 0 bridgehead atoms. The van der Waals surface area contributed by atoms with Crippen LogP contribution in [0.5, 0.6) is 0 Å². The summed E-state index contributed by atoms with van der Waals surface area (Å²) in [5.41, 5.74) is 0.624. The fourth-order valence-corrected chi connectivity index (χ4v) is 7.54. The second-order valence-corrected chi connectivity index (χ2v) is 10.8. The minimum absolute atomic E-state index is 0.0992. The number of morpholine rings is 1. The number of imide groups is 1. The fraction of sp³-hybridized carbons (Fsp3) is 0.448. The Kier molecular flexibility index (Phi) is 5.42. The van der Waals surface area contributed by atoms with Crippen molar-refractivity contribution in [2.75, 3.05) is 49.2 Å². The second kappa shape index (κ2) is 8.74. The summed E-state index contributed by atoms with van der Waals surface area (Å²) in [5, 5.41) is 0. The Morgan fingerprint density at radius 2 is 1.63 bits per heavy atom. The van der Waals surface area contributed by atoms with Gasteiger partial charge in [0.1, 0.15) is 12.1 Å². The van der Waals surface area contributed by atoms with Crippen LogP contribution < -0.4 is 9.80 Å². The van der Waals surface area contributed by atoms with Crippen LogP contribution in [0, 0.1) is 11.8 Å². The summed E-state index contributed by atoms with van der Waals surface area (Å²) in [6.07, 6.45) is 2.60. The molecule has 4 amide bonds. The lowest BCUT2D eigenvalue weighted by Gasteiger charge is -2.42. The number of benzene rings is 2. The van der Waals surface area contributed by atoms with E-state index in [1.54, 1.807) is 21.9 Å². The highest BCUT2D eigenvalue weighted by Gasteiger charge is 2.75. The number of carbonyl (C=O) groups excluding carboxylic acids is 4. The van der Waals surface area contributed by atoms with Crippen LogP contribution >= 0.6 is 0 Å². The Hall–Kier alpha value is -3.56. The van der Waals surface area contributed by atoms with Crippen molar-refractivity contribution >= 4 is 35.0 Å². The normalized spacial score (nSPS) is 30.7. The van der Waals surface area contributed by atoms with E-state index in [0.29, 0.717) is 44.2 Å². The van der Waals surface area contributed by atoms with Crippen molar-refractivity contribution in [2.24, 2.45) is 11.8 Å². The molecule has 5 aliphatic rings. The lowest BCUT2D eigenvalue weighted by atomic mass is 9.76. The zero-order valence-corrected chi connectivity index (χ0v) is 21.1. The third-order valence-corrected chi connectivity index (χ3v) is 9.07. The molecule has 0 aliphatic carbocycles. The number of hydrogen-bond donors (Lipinski definition) is 0. The van der Waals surface area contributed by atoms with Crippen molar-refractivity contribution in [3.63, 3.8) is 0 Å². The van der Waals surface area contributed by atoms with Gasteiger partial charge in [-0.15, -0.1) is 0 Å². The smallest absolute Gasteiger partial charge is 0.253 e. The van der Waals surface area contributed by atoms with E-state index in [9.17, 15) is 19.2 Å². The van der Waals surface area contributed by atoms with Gasteiger partial charge in [0.25, 0.3) is 5.91 Å². The number of rotatable bonds is 3. The largest absolute Gasteiger partial charge is 0.378 e. The van der Waals surface area contributed by atoms with Gasteiger partial charge < -0.3 is 14.5 Å². The van der Waals surface area contributed by atoms with Crippen molar-refractivity contribution in [3.05, 3.63) is 60.2 Å². The van der Waals surface area contributed by atoms with Crippen LogP contribution in [-0.2, 0) is 29.5 Å². The number of ether oxygens (including phenoxy) is 1. The molecule has 5 aliphatic heterocycles. The van der Waals surface area contributed by atoms with Gasteiger partial charge in [-0.05, 0) is 37.6 Å². The monoisotopic (exact) mass is 514 g/mol. The van der Waals surface area contributed by atoms with E-state index in [2.05, 4.69) is 4.90 Å². The molecule has 4 saturated heterocycles. The van der Waals surface area contributed by atoms with Crippen LogP contribution in [0.15, 0.2) is 54.6 Å². The lowest BCUT2D eigenvalue weighted by Crippen LogP contribution is -2.59. The van der Waals surface area contributed by atoms with Crippen LogP contribution in [0.4, 0.5) is 11.4 Å². The molecule has 38 heavy (non-hydrogen) atoms. The molecule has 9 heteroatoms. The van der Waals surface area contributed by atoms with Gasteiger partial charge in [-0.25, -0.2) is 4.90 Å². The number of amides is 4. The number of anilines is 2. The van der Waals surface area contributed by atoms with Gasteiger partial charge in [-0.1, -0.05) is 42.8 Å². The van der Waals surface area contributed by atoms with Gasteiger partial charge in [0.2, 0.25) is 17.7 Å². The summed E-state index contributed by atoms with van der Waals surface area (Å²) < 4.78 is 5.39. The highest BCUT2D eigenvalue weighted by molar-refractivity contribution is 6.26. The van der Waals surface area contributed by atoms with Gasteiger partial charge >= 0.3 is 0 Å². The first-order chi connectivity index (χ1) is 18.5. The van der Waals surface area contributed by atoms with Crippen LogP contribution in [0.2, 0.25) is 0 Å². The molecule has 2 aromatic carbocycles. The number of fused-ring (bicyclic) bond motifs is 7. The Morgan fingerprint density at radius 3 is 2.42 bits per heavy atom. The van der Waals surface area contributed by atoms with Gasteiger partial charge in [-0.2, -0.15) is 0 Å². The summed E-state index contributed by atoms with van der Waals surface area (Å²) in [5.74, 6) is -2.41. The summed E-state index contributed by atoms with van der Waals surface area (Å²) in [7, 11) is 0. The molecule has 4 atom stereocenters. The van der Waals surface area contributed by atoms with Gasteiger partial charge in [0.15, 0.2) is 0 Å². The maximum atomic E-state index is 14.7. The molecule has 5 heterocycles. The van der Waals surface area contributed by atoms with Gasteiger partial charge in [0, 0.05) is 30.4 Å². The lowest BCUT2D eigenvalue weighted by molar-refractivity contribution is -0.140. The van der Waals surface area contributed by atoms with Crippen molar-refractivity contribution in [3.8, 4) is 0 Å². The summed E-state index contributed by atoms with van der Waals surface area (Å²) in [6, 6.07) is 16.3. The van der Waals surface area contributed by atoms with E-state index in [1.807, 2.05) is 42.5 Å². The Bertz CT molecular complexity index is 1330. The number of piperidine rings is 1. The third kappa shape index (κ3) is 3.06. The van der Waals surface area contributed by atoms with Gasteiger partial charge in [-0.3, -0.25) is 24.1 Å². The number of carbonyl (C=O) groups is 4. The van der Waals surface area contributed by atoms with Crippen LogP contribution in [0.3, 0.4) is 0 Å². The number of nitrogens with zero attached hydrogens (tertiary/aromatic N) is 4. The van der Waals surface area contributed by atoms with Crippen LogP contribution in [0.1, 0.15) is 24.8 Å². The molecule has 0 radical (unpaired) electrons. The number of hydrogen-bond acceptors (Lipinski definition) is 6. The second-order valence-electron chi connectivity index (χ2n) is 10.8. The molecule has 9 nitrogen and oxygen atoms in total. The first-order valence-electron chi connectivity index (χ1n) is 13.5. The minimum atomic E-state index is -1.30. The topological polar surface area (TPSA) is 90.5 Å². The number of para-hydroxylation sites is 2. The van der Waals surface area contributed by atoms with Crippen LogP contribution in [0.25, 0.3) is 0 Å². The third-order valence-electron chi connectivity index (χ3n) is 9.07. The highest BCUT2D eigenvalue weighted by Crippen LogP contribution is 2.61. The van der Waals surface area contributed by atoms with E-state index in [0.717, 1.165) is 24.8 Å². The van der Waals surface area contributed by atoms with E-state index in [4.69, 9.17) is 4.74 Å². The molecule has 7 rings (SSSR count). The molecule has 4 fully saturated rings. The Balaban J connectivity index is 1.35. The zero-order chi connectivity index (χ0) is 26.0. The SMILES string of the molecule is O=C(CN1C(=O)[C@@]2(c3ccccc31)[C@@H]1C(=O)N(c3ccccc3)C(=O)[C@@H]1[C@@H]1CCCCN12)N1CCOCC1. The van der Waals surface area contributed by atoms with Crippen molar-refractivity contribution in [2.45, 2.75) is 30.8 Å². The molecule has 0 saturated carbocycles. The molecule has 0 unspecified atom stereocenters. The molecule has 2 aromatic rings. The average molecular weight is 515 g/mol. The van der Waals surface area contributed by atoms with E-state index < -0.39 is 17.4 Å². The average Bonchev–Trinajstić information content (AvgIpc) is 3.51. The molecule has 1 spiro atoms. The molecule has 0 N–H and O–H groups in total. The quantitative estimate of drug-likeness (QED) is 0.580. The highest BCUT2D eigenvalue weighted by atomic mass is 16.5. The fourth-order valence-electron chi connectivity index (χ4n) is 7.54. The predicted molar refractivity (Wildman–Crippen MR) is 138 cm³/mol. The Morgan fingerprint density at radius 1 is 0.895 bits per heavy atom. The Labute approximate surface area is 220 Å².